The smallest absolute Gasteiger partial charge is 0.255 e. The fourth-order valence-electron chi connectivity index (χ4n) is 1.58. The molecule has 0 radical (unpaired) electrons. The summed E-state index contributed by atoms with van der Waals surface area (Å²) in [6.07, 6.45) is 3.08. The van der Waals surface area contributed by atoms with E-state index >= 15 is 0 Å². The molecule has 0 aliphatic rings. The molecule has 0 aliphatic carbocycles. The maximum atomic E-state index is 12.0. The maximum Gasteiger partial charge on any atom is 0.255 e. The van der Waals surface area contributed by atoms with Crippen molar-refractivity contribution in [2.24, 2.45) is 0 Å². The van der Waals surface area contributed by atoms with Gasteiger partial charge in [0.2, 0.25) is 5.91 Å². The lowest BCUT2D eigenvalue weighted by molar-refractivity contribution is -0.113. The van der Waals surface area contributed by atoms with Crippen molar-refractivity contribution in [2.45, 2.75) is 0 Å². The summed E-state index contributed by atoms with van der Waals surface area (Å²) >= 11 is 5.45. The number of rotatable bonds is 4. The van der Waals surface area contributed by atoms with Crippen LogP contribution in [0.2, 0.25) is 0 Å². The van der Waals surface area contributed by atoms with E-state index in [4.69, 9.17) is 11.6 Å². The third kappa shape index (κ3) is 3.55. The monoisotopic (exact) mass is 289 g/mol. The minimum Gasteiger partial charge on any atom is -0.323 e. The van der Waals surface area contributed by atoms with Crippen molar-refractivity contribution < 1.29 is 9.59 Å². The number of carbonyl (C=O) groups excluding carboxylic acids is 2. The highest BCUT2D eigenvalue weighted by atomic mass is 35.5. The van der Waals surface area contributed by atoms with Gasteiger partial charge >= 0.3 is 0 Å². The van der Waals surface area contributed by atoms with Gasteiger partial charge in [-0.1, -0.05) is 12.1 Å². The van der Waals surface area contributed by atoms with Crippen molar-refractivity contribution >= 4 is 34.8 Å². The highest BCUT2D eigenvalue weighted by Gasteiger charge is 2.10. The summed E-state index contributed by atoms with van der Waals surface area (Å²) in [4.78, 5) is 27.2. The molecule has 5 nitrogen and oxygen atoms in total. The zero-order chi connectivity index (χ0) is 14.4. The molecule has 0 saturated heterocycles. The molecular formula is C14H12ClN3O2. The van der Waals surface area contributed by atoms with Crippen LogP contribution in [0, 0.1) is 0 Å². The largest absolute Gasteiger partial charge is 0.323 e. The van der Waals surface area contributed by atoms with Crippen molar-refractivity contribution in [1.82, 2.24) is 4.98 Å². The predicted octanol–water partition coefficient (Wildman–Crippen LogP) is 2.51. The van der Waals surface area contributed by atoms with Crippen LogP contribution in [-0.4, -0.2) is 22.7 Å². The maximum absolute atomic E-state index is 12.0. The number of nitrogens with one attached hydrogen (secondary N) is 2. The Kier molecular flexibility index (Phi) is 4.68. The second-order valence-corrected chi connectivity index (χ2v) is 4.18. The average molecular weight is 290 g/mol. The van der Waals surface area contributed by atoms with Crippen LogP contribution in [0.1, 0.15) is 10.4 Å². The summed E-state index contributed by atoms with van der Waals surface area (Å²) in [6, 6.07) is 10.1. The summed E-state index contributed by atoms with van der Waals surface area (Å²) in [5.41, 5.74) is 1.49. The zero-order valence-electron chi connectivity index (χ0n) is 10.5. The first kappa shape index (κ1) is 14.0. The van der Waals surface area contributed by atoms with Gasteiger partial charge in [-0.25, -0.2) is 0 Å². The van der Waals surface area contributed by atoms with E-state index in [9.17, 15) is 9.59 Å². The van der Waals surface area contributed by atoms with Gasteiger partial charge < -0.3 is 10.6 Å². The molecule has 2 aromatic rings. The standard InChI is InChI=1S/C14H12ClN3O2/c15-9-13(19)17-11-3-1-2-4-12(11)18-14(20)10-5-7-16-8-6-10/h1-8H,9H2,(H,17,19)(H,18,20). The summed E-state index contributed by atoms with van der Waals surface area (Å²) in [5.74, 6) is -0.760. The van der Waals surface area contributed by atoms with Crippen molar-refractivity contribution in [1.29, 1.82) is 0 Å². The number of alkyl halides is 1. The minimum atomic E-state index is -0.336. The lowest BCUT2D eigenvalue weighted by atomic mass is 10.2. The Bertz CT molecular complexity index is 617. The van der Waals surface area contributed by atoms with E-state index < -0.39 is 0 Å². The number of aromatic nitrogens is 1. The number of para-hydroxylation sites is 2. The van der Waals surface area contributed by atoms with E-state index in [1.165, 1.54) is 12.4 Å². The van der Waals surface area contributed by atoms with Crippen LogP contribution < -0.4 is 10.6 Å². The van der Waals surface area contributed by atoms with Crippen LogP contribution in [0.25, 0.3) is 0 Å². The number of hydrogen-bond donors (Lipinski definition) is 2. The third-order valence-corrected chi connectivity index (χ3v) is 2.76. The summed E-state index contributed by atoms with van der Waals surface area (Å²) in [7, 11) is 0. The predicted molar refractivity (Wildman–Crippen MR) is 78.0 cm³/mol. The molecule has 0 unspecified atom stereocenters. The van der Waals surface area contributed by atoms with Crippen molar-refractivity contribution in [3.63, 3.8) is 0 Å². The van der Waals surface area contributed by atoms with E-state index in [1.807, 2.05) is 0 Å². The van der Waals surface area contributed by atoms with E-state index in [-0.39, 0.29) is 17.7 Å². The van der Waals surface area contributed by atoms with Crippen LogP contribution in [0.15, 0.2) is 48.8 Å². The van der Waals surface area contributed by atoms with Gasteiger partial charge in [0.1, 0.15) is 5.88 Å². The molecule has 0 bridgehead atoms. The number of nitrogens with zero attached hydrogens (tertiary/aromatic N) is 1. The molecule has 2 rings (SSSR count). The van der Waals surface area contributed by atoms with Crippen LogP contribution in [0.4, 0.5) is 11.4 Å². The molecule has 1 heterocycles. The Hall–Kier alpha value is -2.40. The molecule has 102 valence electrons. The van der Waals surface area contributed by atoms with E-state index in [0.29, 0.717) is 16.9 Å². The molecular weight excluding hydrogens is 278 g/mol. The van der Waals surface area contributed by atoms with E-state index in [0.717, 1.165) is 0 Å². The second-order valence-electron chi connectivity index (χ2n) is 3.92. The van der Waals surface area contributed by atoms with Gasteiger partial charge in [0.05, 0.1) is 11.4 Å². The number of carbonyl (C=O) groups is 2. The first-order chi connectivity index (χ1) is 9.70. The Balaban J connectivity index is 2.17. The van der Waals surface area contributed by atoms with Gasteiger partial charge in [0, 0.05) is 18.0 Å². The first-order valence-corrected chi connectivity index (χ1v) is 6.40. The number of amides is 2. The van der Waals surface area contributed by atoms with Gasteiger partial charge in [0.15, 0.2) is 0 Å². The van der Waals surface area contributed by atoms with Gasteiger partial charge in [-0.15, -0.1) is 11.6 Å². The lowest BCUT2D eigenvalue weighted by Gasteiger charge is -2.11. The van der Waals surface area contributed by atoms with Gasteiger partial charge in [-0.3, -0.25) is 14.6 Å². The number of benzene rings is 1. The van der Waals surface area contributed by atoms with Crippen LogP contribution in [0.5, 0.6) is 0 Å². The quantitative estimate of drug-likeness (QED) is 0.850. The highest BCUT2D eigenvalue weighted by Crippen LogP contribution is 2.21. The van der Waals surface area contributed by atoms with Crippen LogP contribution >= 0.6 is 11.6 Å². The van der Waals surface area contributed by atoms with Crippen LogP contribution in [0.3, 0.4) is 0 Å². The Morgan fingerprint density at radius 2 is 1.60 bits per heavy atom. The second kappa shape index (κ2) is 6.68. The van der Waals surface area contributed by atoms with E-state index in [2.05, 4.69) is 15.6 Å². The molecule has 1 aromatic carbocycles. The number of hydrogen-bond acceptors (Lipinski definition) is 3. The average Bonchev–Trinajstić information content (AvgIpc) is 2.50. The van der Waals surface area contributed by atoms with Crippen molar-refractivity contribution in [3.05, 3.63) is 54.4 Å². The summed E-state index contributed by atoms with van der Waals surface area (Å²) in [6.45, 7) is 0. The molecule has 0 saturated carbocycles. The molecule has 0 spiro atoms. The van der Waals surface area contributed by atoms with Crippen molar-refractivity contribution in [3.8, 4) is 0 Å². The molecule has 6 heteroatoms. The number of halogens is 1. The highest BCUT2D eigenvalue weighted by molar-refractivity contribution is 6.29. The third-order valence-electron chi connectivity index (χ3n) is 2.51. The Morgan fingerprint density at radius 3 is 2.20 bits per heavy atom. The summed E-state index contributed by atoms with van der Waals surface area (Å²) in [5, 5.41) is 5.35. The number of pyridine rings is 1. The first-order valence-electron chi connectivity index (χ1n) is 5.87. The molecule has 2 amide bonds. The molecule has 1 aromatic heterocycles. The summed E-state index contributed by atoms with van der Waals surface area (Å²) < 4.78 is 0. The molecule has 0 aliphatic heterocycles. The van der Waals surface area contributed by atoms with E-state index in [1.54, 1.807) is 36.4 Å². The zero-order valence-corrected chi connectivity index (χ0v) is 11.2. The molecule has 2 N–H and O–H groups in total. The topological polar surface area (TPSA) is 71.1 Å². The normalized spacial score (nSPS) is 9.85. The SMILES string of the molecule is O=C(CCl)Nc1ccccc1NC(=O)c1ccncc1. The molecule has 0 fully saturated rings. The molecule has 20 heavy (non-hydrogen) atoms. The van der Waals surface area contributed by atoms with Crippen LogP contribution in [-0.2, 0) is 4.79 Å². The van der Waals surface area contributed by atoms with Crippen molar-refractivity contribution in [2.75, 3.05) is 16.5 Å². The minimum absolute atomic E-state index is 0.146. The lowest BCUT2D eigenvalue weighted by Crippen LogP contribution is -2.17. The fraction of sp³-hybridized carbons (Fsp3) is 0.0714. The Labute approximate surface area is 121 Å². The van der Waals surface area contributed by atoms with Gasteiger partial charge in [-0.05, 0) is 24.3 Å². The number of anilines is 2. The molecule has 0 atom stereocenters. The Morgan fingerprint density at radius 1 is 1.00 bits per heavy atom. The fourth-order valence-corrected chi connectivity index (χ4v) is 1.65. The van der Waals surface area contributed by atoms with Gasteiger partial charge in [0.25, 0.3) is 5.91 Å². The van der Waals surface area contributed by atoms with Gasteiger partial charge in [-0.2, -0.15) is 0 Å².